The summed E-state index contributed by atoms with van der Waals surface area (Å²) in [6.45, 7) is 8.83. The van der Waals surface area contributed by atoms with Crippen molar-refractivity contribution in [3.05, 3.63) is 65.5 Å². The molecule has 2 aromatic rings. The lowest BCUT2D eigenvalue weighted by molar-refractivity contribution is 0.0761. The number of amidine groups is 1. The number of anilines is 1. The van der Waals surface area contributed by atoms with Gasteiger partial charge in [-0.2, -0.15) is 0 Å². The number of benzene rings is 2. The number of rotatable bonds is 4. The molecular weight excluding hydrogens is 431 g/mol. The molecule has 0 saturated carbocycles. The van der Waals surface area contributed by atoms with Gasteiger partial charge in [0.25, 0.3) is 6.02 Å². The molecule has 4 rings (SSSR count). The van der Waals surface area contributed by atoms with Gasteiger partial charge in [0, 0.05) is 37.4 Å². The molecule has 2 fully saturated rings. The Bertz CT molecular complexity index is 1100. The van der Waals surface area contributed by atoms with E-state index in [4.69, 9.17) is 4.74 Å². The molecule has 2 aliphatic heterocycles. The zero-order chi connectivity index (χ0) is 22.9. The fourth-order valence-corrected chi connectivity index (χ4v) is 6.12. The molecular formula is C23H29FN4O3S. The van der Waals surface area contributed by atoms with Crippen molar-refractivity contribution in [2.75, 3.05) is 31.1 Å². The number of ether oxygens (including phenoxy) is 1. The smallest absolute Gasteiger partial charge is 0.299 e. The van der Waals surface area contributed by atoms with E-state index in [2.05, 4.69) is 19.9 Å². The van der Waals surface area contributed by atoms with Crippen LogP contribution in [-0.2, 0) is 14.8 Å². The second-order valence-electron chi connectivity index (χ2n) is 8.69. The van der Waals surface area contributed by atoms with E-state index in [9.17, 15) is 12.8 Å². The third kappa shape index (κ3) is 4.59. The van der Waals surface area contributed by atoms with Crippen molar-refractivity contribution < 1.29 is 17.5 Å². The molecule has 0 bridgehead atoms. The molecule has 2 unspecified atom stereocenters. The first-order valence-electron chi connectivity index (χ1n) is 10.8. The highest BCUT2D eigenvalue weighted by molar-refractivity contribution is 7.90. The number of nitrogens with zero attached hydrogens (tertiary/aromatic N) is 2. The van der Waals surface area contributed by atoms with Gasteiger partial charge in [-0.3, -0.25) is 0 Å². The topological polar surface area (TPSA) is 83.0 Å². The summed E-state index contributed by atoms with van der Waals surface area (Å²) in [6, 6.07) is 13.1. The van der Waals surface area contributed by atoms with Crippen molar-refractivity contribution in [1.82, 2.24) is 10.0 Å². The summed E-state index contributed by atoms with van der Waals surface area (Å²) < 4.78 is 49.0. The maximum absolute atomic E-state index is 14.1. The Morgan fingerprint density at radius 3 is 2.41 bits per heavy atom. The lowest BCUT2D eigenvalue weighted by Crippen LogP contribution is -2.53. The minimum Gasteiger partial charge on any atom is -0.457 e. The molecule has 2 saturated heterocycles. The van der Waals surface area contributed by atoms with Crippen molar-refractivity contribution in [2.24, 2.45) is 4.99 Å². The summed E-state index contributed by atoms with van der Waals surface area (Å²) in [5.74, 6) is -0.398. The van der Waals surface area contributed by atoms with Crippen molar-refractivity contribution in [2.45, 2.75) is 37.7 Å². The van der Waals surface area contributed by atoms with Gasteiger partial charge in [0.2, 0.25) is 10.0 Å². The van der Waals surface area contributed by atoms with E-state index in [0.29, 0.717) is 11.1 Å². The molecule has 7 nitrogen and oxygen atoms in total. The van der Waals surface area contributed by atoms with Crippen molar-refractivity contribution in [1.29, 1.82) is 0 Å². The van der Waals surface area contributed by atoms with Crippen LogP contribution in [0.4, 0.5) is 10.1 Å². The Labute approximate surface area is 188 Å². The Kier molecular flexibility index (Phi) is 6.13. The van der Waals surface area contributed by atoms with Crippen LogP contribution in [0.5, 0.6) is 0 Å². The highest BCUT2D eigenvalue weighted by Gasteiger charge is 2.48. The number of nitrogens with one attached hydrogen (secondary N) is 2. The van der Waals surface area contributed by atoms with Crippen LogP contribution in [0.2, 0.25) is 0 Å². The van der Waals surface area contributed by atoms with Crippen LogP contribution in [0.1, 0.15) is 43.2 Å². The number of hydrogen-bond donors (Lipinski definition) is 2. The fraction of sp³-hybridized carbons (Fsp3) is 0.435. The van der Waals surface area contributed by atoms with Crippen LogP contribution in [0.25, 0.3) is 0 Å². The van der Waals surface area contributed by atoms with E-state index in [1.807, 2.05) is 24.3 Å². The predicted octanol–water partition coefficient (Wildman–Crippen LogP) is 3.12. The quantitative estimate of drug-likeness (QED) is 0.733. The average molecular weight is 461 g/mol. The molecule has 0 amide bonds. The zero-order valence-corrected chi connectivity index (χ0v) is 19.3. The van der Waals surface area contributed by atoms with Crippen LogP contribution < -0.4 is 14.9 Å². The number of aliphatic imine (C=N–C) groups is 1. The average Bonchev–Trinajstić information content (AvgIpc) is 2.73. The Morgan fingerprint density at radius 2 is 1.78 bits per heavy atom. The lowest BCUT2D eigenvalue weighted by atomic mass is 9.97. The summed E-state index contributed by atoms with van der Waals surface area (Å²) in [6.07, 6.45) is 0. The minimum absolute atomic E-state index is 0.126. The molecule has 32 heavy (non-hydrogen) atoms. The van der Waals surface area contributed by atoms with Gasteiger partial charge >= 0.3 is 0 Å². The standard InChI is InChI=1S/C23H29FN4O3S/c1-16(19-6-4-5-7-20(19)24)26-22-27-32(29,30)21(23(2,3)31-22)17-8-10-18(11-9-17)28-14-12-25-13-15-28/h4-11,16,21,25H,12-15H2,1-3H3,(H,26,27). The maximum atomic E-state index is 14.1. The molecule has 0 radical (unpaired) electrons. The van der Waals surface area contributed by atoms with E-state index >= 15 is 0 Å². The third-order valence-electron chi connectivity index (χ3n) is 5.88. The molecule has 2 aromatic carbocycles. The lowest BCUT2D eigenvalue weighted by Gasteiger charge is -2.39. The number of sulfonamides is 1. The van der Waals surface area contributed by atoms with Gasteiger partial charge in [-0.05, 0) is 44.5 Å². The van der Waals surface area contributed by atoms with Crippen LogP contribution >= 0.6 is 0 Å². The fourth-order valence-electron chi connectivity index (χ4n) is 4.35. The van der Waals surface area contributed by atoms with Crippen LogP contribution in [0.15, 0.2) is 53.5 Å². The van der Waals surface area contributed by atoms with Gasteiger partial charge in [0.15, 0.2) is 0 Å². The Balaban J connectivity index is 1.58. The van der Waals surface area contributed by atoms with Crippen molar-refractivity contribution in [3.63, 3.8) is 0 Å². The summed E-state index contributed by atoms with van der Waals surface area (Å²) in [4.78, 5) is 6.58. The number of hydrogen-bond acceptors (Lipinski definition) is 6. The second kappa shape index (κ2) is 8.71. The highest BCUT2D eigenvalue weighted by atomic mass is 32.2. The molecule has 9 heteroatoms. The van der Waals surface area contributed by atoms with E-state index in [1.54, 1.807) is 39.0 Å². The molecule has 0 spiro atoms. The predicted molar refractivity (Wildman–Crippen MR) is 124 cm³/mol. The third-order valence-corrected chi connectivity index (χ3v) is 7.79. The van der Waals surface area contributed by atoms with E-state index in [-0.39, 0.29) is 6.02 Å². The zero-order valence-electron chi connectivity index (χ0n) is 18.5. The van der Waals surface area contributed by atoms with Crippen LogP contribution in [-0.4, -0.2) is 46.2 Å². The van der Waals surface area contributed by atoms with E-state index in [0.717, 1.165) is 31.9 Å². The van der Waals surface area contributed by atoms with E-state index in [1.165, 1.54) is 6.07 Å². The molecule has 0 aliphatic carbocycles. The first kappa shape index (κ1) is 22.5. The minimum atomic E-state index is -3.83. The normalized spacial score (nSPS) is 24.4. The molecule has 2 aliphatic rings. The van der Waals surface area contributed by atoms with Crippen molar-refractivity contribution >= 4 is 21.7 Å². The maximum Gasteiger partial charge on any atom is 0.299 e. The summed E-state index contributed by atoms with van der Waals surface area (Å²) in [7, 11) is -3.83. The molecule has 0 aromatic heterocycles. The SMILES string of the molecule is CC(N=C1NS(=O)(=O)C(c2ccc(N3CCNCC3)cc2)C(C)(C)O1)c1ccccc1F. The van der Waals surface area contributed by atoms with Gasteiger partial charge in [-0.15, -0.1) is 0 Å². The summed E-state index contributed by atoms with van der Waals surface area (Å²) in [5, 5.41) is 2.40. The molecule has 2 heterocycles. The molecule has 2 atom stereocenters. The molecule has 172 valence electrons. The van der Waals surface area contributed by atoms with E-state index < -0.39 is 32.7 Å². The van der Waals surface area contributed by atoms with Gasteiger partial charge in [-0.1, -0.05) is 30.3 Å². The summed E-state index contributed by atoms with van der Waals surface area (Å²) in [5.41, 5.74) is 0.999. The van der Waals surface area contributed by atoms with Gasteiger partial charge in [-0.25, -0.2) is 22.5 Å². The Morgan fingerprint density at radius 1 is 1.12 bits per heavy atom. The van der Waals surface area contributed by atoms with Crippen molar-refractivity contribution in [3.8, 4) is 0 Å². The summed E-state index contributed by atoms with van der Waals surface area (Å²) >= 11 is 0. The first-order valence-corrected chi connectivity index (χ1v) is 12.3. The molecule has 2 N–H and O–H groups in total. The monoisotopic (exact) mass is 460 g/mol. The second-order valence-corrected chi connectivity index (χ2v) is 10.5. The van der Waals surface area contributed by atoms with Crippen LogP contribution in [0, 0.1) is 5.82 Å². The Hall–Kier alpha value is -2.65. The first-order chi connectivity index (χ1) is 15.2. The highest BCUT2D eigenvalue weighted by Crippen LogP contribution is 2.39. The van der Waals surface area contributed by atoms with Crippen LogP contribution in [0.3, 0.4) is 0 Å². The van der Waals surface area contributed by atoms with Gasteiger partial charge in [0.05, 0.1) is 6.04 Å². The van der Waals surface area contributed by atoms with Gasteiger partial charge < -0.3 is 15.0 Å². The number of piperazine rings is 1. The largest absolute Gasteiger partial charge is 0.457 e. The number of halogens is 1. The van der Waals surface area contributed by atoms with Gasteiger partial charge in [0.1, 0.15) is 16.7 Å².